The molecule has 0 radical (unpaired) electrons. The van der Waals surface area contributed by atoms with Crippen LogP contribution in [0.15, 0.2) is 61.2 Å². The van der Waals surface area contributed by atoms with Gasteiger partial charge in [-0.1, -0.05) is 48.5 Å². The summed E-state index contributed by atoms with van der Waals surface area (Å²) in [5.41, 5.74) is 1.99. The van der Waals surface area contributed by atoms with Crippen molar-refractivity contribution in [2.24, 2.45) is 0 Å². The largest absolute Gasteiger partial charge is 0.461 e. The van der Waals surface area contributed by atoms with Gasteiger partial charge in [0.15, 0.2) is 0 Å². The molecule has 0 bridgehead atoms. The Hall–Kier alpha value is -3.82. The zero-order valence-corrected chi connectivity index (χ0v) is 24.9. The number of carbonyl (C=O) groups excluding carboxylic acids is 1. The molecule has 1 amide bonds. The van der Waals surface area contributed by atoms with Gasteiger partial charge in [-0.3, -0.25) is 9.69 Å². The number of hydrogen-bond donors (Lipinski definition) is 0. The van der Waals surface area contributed by atoms with E-state index in [1.807, 2.05) is 41.3 Å². The zero-order chi connectivity index (χ0) is 30.2. The van der Waals surface area contributed by atoms with E-state index in [0.29, 0.717) is 43.6 Å². The summed E-state index contributed by atoms with van der Waals surface area (Å²) in [5.74, 6) is 0.235. The van der Waals surface area contributed by atoms with Crippen LogP contribution in [0.5, 0.6) is 6.01 Å². The highest BCUT2D eigenvalue weighted by molar-refractivity contribution is 6.36. The number of nitrogens with zero attached hydrogens (tertiary/aromatic N) is 5. The van der Waals surface area contributed by atoms with Crippen molar-refractivity contribution in [1.29, 1.82) is 0 Å². The second-order valence-corrected chi connectivity index (χ2v) is 12.9. The third-order valence-electron chi connectivity index (χ3n) is 10.2. The SMILES string of the molecule is C=CC(=O)N1CC[C@@H]2[C@H]1CN2c1nc(OCC23CCCN2C[C@H](F)C3)nc2cc(-c3cccc4ccc(F)c(Cl)c34)ccc12. The average Bonchev–Trinajstić information content (AvgIpc) is 3.66. The summed E-state index contributed by atoms with van der Waals surface area (Å²) in [4.78, 5) is 28.5. The summed E-state index contributed by atoms with van der Waals surface area (Å²) in [7, 11) is 0. The molecule has 4 aliphatic heterocycles. The molecule has 0 aliphatic carbocycles. The number of ether oxygens (including phenoxy) is 1. The van der Waals surface area contributed by atoms with Crippen LogP contribution in [-0.4, -0.2) is 82.3 Å². The number of hydrogen-bond acceptors (Lipinski definition) is 6. The number of rotatable bonds is 6. The van der Waals surface area contributed by atoms with Crippen molar-refractivity contribution in [3.63, 3.8) is 0 Å². The Labute approximate surface area is 259 Å². The Morgan fingerprint density at radius 1 is 1.14 bits per heavy atom. The highest BCUT2D eigenvalue weighted by Crippen LogP contribution is 2.43. The second-order valence-electron chi connectivity index (χ2n) is 12.5. The zero-order valence-electron chi connectivity index (χ0n) is 24.2. The molecule has 1 unspecified atom stereocenters. The fraction of sp³-hybridized carbons (Fsp3) is 0.382. The van der Waals surface area contributed by atoms with Crippen LogP contribution in [0.4, 0.5) is 14.6 Å². The van der Waals surface area contributed by atoms with Gasteiger partial charge in [-0.2, -0.15) is 9.97 Å². The highest BCUT2D eigenvalue weighted by Gasteiger charge is 2.50. The number of anilines is 1. The van der Waals surface area contributed by atoms with Gasteiger partial charge in [0.05, 0.1) is 28.2 Å². The fourth-order valence-electron chi connectivity index (χ4n) is 8.00. The maximum Gasteiger partial charge on any atom is 0.319 e. The number of fused-ring (bicyclic) bond motifs is 4. The molecule has 10 heteroatoms. The van der Waals surface area contributed by atoms with Gasteiger partial charge in [0, 0.05) is 36.8 Å². The van der Waals surface area contributed by atoms with Crippen molar-refractivity contribution in [1.82, 2.24) is 19.8 Å². The summed E-state index contributed by atoms with van der Waals surface area (Å²) < 4.78 is 35.3. The number of amides is 1. The maximum absolute atomic E-state index is 14.5. The smallest absolute Gasteiger partial charge is 0.319 e. The average molecular weight is 616 g/mol. The van der Waals surface area contributed by atoms with Crippen molar-refractivity contribution in [3.05, 3.63) is 72.0 Å². The van der Waals surface area contributed by atoms with Gasteiger partial charge in [0.2, 0.25) is 5.91 Å². The Balaban J connectivity index is 1.20. The summed E-state index contributed by atoms with van der Waals surface area (Å²) >= 11 is 6.48. The van der Waals surface area contributed by atoms with Crippen LogP contribution in [0.25, 0.3) is 32.8 Å². The molecule has 4 saturated heterocycles. The molecule has 0 saturated carbocycles. The predicted octanol–water partition coefficient (Wildman–Crippen LogP) is 6.17. The number of aromatic nitrogens is 2. The minimum atomic E-state index is -0.853. The molecule has 4 fully saturated rings. The molecule has 5 heterocycles. The third kappa shape index (κ3) is 4.27. The molecule has 4 atom stereocenters. The topological polar surface area (TPSA) is 61.8 Å². The molecule has 1 aromatic heterocycles. The van der Waals surface area contributed by atoms with Crippen molar-refractivity contribution < 1.29 is 18.3 Å². The molecular weight excluding hydrogens is 584 g/mol. The molecule has 8 rings (SSSR count). The number of carbonyl (C=O) groups is 1. The van der Waals surface area contributed by atoms with Crippen LogP contribution in [0.2, 0.25) is 5.02 Å². The standard InChI is InChI=1S/C34H32ClF2N5O2/c1-2-29(43)41-14-11-27-28(41)18-42(27)32-24-9-7-21(23-6-3-5-20-8-10-25(37)31(35)30(20)23)15-26(24)38-33(39-32)44-19-34-12-4-13-40(34)17-22(36)16-34/h2-3,5-10,15,22,27-28H,1,4,11-14,16-19H2/t22-,27-,28-,34?/m1/s1. The van der Waals surface area contributed by atoms with E-state index in [-0.39, 0.29) is 34.6 Å². The monoisotopic (exact) mass is 615 g/mol. The minimum absolute atomic E-state index is 0.0494. The molecule has 0 N–H and O–H groups in total. The lowest BCUT2D eigenvalue weighted by Crippen LogP contribution is -2.63. The van der Waals surface area contributed by atoms with E-state index in [1.165, 1.54) is 12.1 Å². The molecule has 226 valence electrons. The Bertz CT molecular complexity index is 1840. The normalized spacial score (nSPS) is 26.2. The number of halogens is 3. The van der Waals surface area contributed by atoms with Gasteiger partial charge in [-0.15, -0.1) is 0 Å². The first kappa shape index (κ1) is 27.7. The second kappa shape index (κ2) is 10.4. The Kier molecular flexibility index (Phi) is 6.54. The van der Waals surface area contributed by atoms with Gasteiger partial charge in [0.25, 0.3) is 0 Å². The third-order valence-corrected chi connectivity index (χ3v) is 10.5. The molecule has 7 nitrogen and oxygen atoms in total. The van der Waals surface area contributed by atoms with E-state index in [0.717, 1.165) is 53.5 Å². The van der Waals surface area contributed by atoms with E-state index in [2.05, 4.69) is 16.4 Å². The minimum Gasteiger partial charge on any atom is -0.461 e. The molecule has 4 aliphatic rings. The van der Waals surface area contributed by atoms with E-state index in [9.17, 15) is 13.6 Å². The lowest BCUT2D eigenvalue weighted by Gasteiger charge is -2.47. The number of alkyl halides is 1. The van der Waals surface area contributed by atoms with Crippen LogP contribution in [0.3, 0.4) is 0 Å². The maximum atomic E-state index is 14.5. The van der Waals surface area contributed by atoms with Crippen molar-refractivity contribution in [2.75, 3.05) is 37.7 Å². The fourth-order valence-corrected chi connectivity index (χ4v) is 8.27. The first-order chi connectivity index (χ1) is 21.3. The van der Waals surface area contributed by atoms with Gasteiger partial charge in [0.1, 0.15) is 24.4 Å². The lowest BCUT2D eigenvalue weighted by atomic mass is 9.95. The quantitative estimate of drug-likeness (QED) is 0.242. The van der Waals surface area contributed by atoms with Gasteiger partial charge < -0.3 is 14.5 Å². The highest BCUT2D eigenvalue weighted by atomic mass is 35.5. The van der Waals surface area contributed by atoms with E-state index >= 15 is 0 Å². The van der Waals surface area contributed by atoms with Gasteiger partial charge in [-0.25, -0.2) is 8.78 Å². The number of benzene rings is 3. The van der Waals surface area contributed by atoms with Crippen molar-refractivity contribution >= 4 is 45.0 Å². The summed E-state index contributed by atoms with van der Waals surface area (Å²) in [6.07, 6.45) is 3.72. The summed E-state index contributed by atoms with van der Waals surface area (Å²) in [6.45, 7) is 6.63. The molecule has 3 aromatic carbocycles. The van der Waals surface area contributed by atoms with E-state index in [4.69, 9.17) is 26.3 Å². The molecular formula is C34H32ClF2N5O2. The van der Waals surface area contributed by atoms with Crippen LogP contribution >= 0.6 is 11.6 Å². The van der Waals surface area contributed by atoms with Crippen LogP contribution < -0.4 is 9.64 Å². The lowest BCUT2D eigenvalue weighted by molar-refractivity contribution is -0.127. The van der Waals surface area contributed by atoms with Crippen LogP contribution in [-0.2, 0) is 4.79 Å². The molecule has 44 heavy (non-hydrogen) atoms. The van der Waals surface area contributed by atoms with Gasteiger partial charge >= 0.3 is 6.01 Å². The van der Waals surface area contributed by atoms with Crippen molar-refractivity contribution in [2.45, 2.75) is 49.5 Å². The molecule has 4 aromatic rings. The first-order valence-corrected chi connectivity index (χ1v) is 15.6. The predicted molar refractivity (Wildman–Crippen MR) is 167 cm³/mol. The Morgan fingerprint density at radius 3 is 2.89 bits per heavy atom. The van der Waals surface area contributed by atoms with Gasteiger partial charge in [-0.05, 0) is 66.6 Å². The van der Waals surface area contributed by atoms with Crippen LogP contribution in [0, 0.1) is 5.82 Å². The summed E-state index contributed by atoms with van der Waals surface area (Å²) in [5, 5.41) is 2.43. The number of likely N-dealkylation sites (tertiary alicyclic amines) is 1. The first-order valence-electron chi connectivity index (χ1n) is 15.3. The van der Waals surface area contributed by atoms with Crippen molar-refractivity contribution in [3.8, 4) is 17.1 Å². The van der Waals surface area contributed by atoms with Crippen LogP contribution in [0.1, 0.15) is 25.7 Å². The van der Waals surface area contributed by atoms with E-state index in [1.54, 1.807) is 6.07 Å². The van der Waals surface area contributed by atoms with E-state index < -0.39 is 12.0 Å². The summed E-state index contributed by atoms with van der Waals surface area (Å²) in [6, 6.07) is 15.3. The molecule has 0 spiro atoms. The Morgan fingerprint density at radius 2 is 2.02 bits per heavy atom.